The lowest BCUT2D eigenvalue weighted by molar-refractivity contribution is 0.0951. The van der Waals surface area contributed by atoms with Gasteiger partial charge in [0.2, 0.25) is 0 Å². The molecule has 0 atom stereocenters. The molecular formula is C23H26N4O2. The summed E-state index contributed by atoms with van der Waals surface area (Å²) >= 11 is 0. The Kier molecular flexibility index (Phi) is 5.60. The van der Waals surface area contributed by atoms with Crippen LogP contribution < -0.4 is 10.6 Å². The highest BCUT2D eigenvalue weighted by atomic mass is 16.2. The van der Waals surface area contributed by atoms with Gasteiger partial charge in [-0.1, -0.05) is 31.7 Å². The molecule has 1 saturated carbocycles. The number of aromatic nitrogens is 2. The molecule has 3 aromatic rings. The number of hydrogen-bond acceptors (Lipinski definition) is 3. The minimum absolute atomic E-state index is 0.132. The summed E-state index contributed by atoms with van der Waals surface area (Å²) in [6, 6.07) is 9.02. The number of amides is 2. The molecule has 6 heteroatoms. The maximum Gasteiger partial charge on any atom is 0.255 e. The monoisotopic (exact) mass is 390 g/mol. The van der Waals surface area contributed by atoms with Crippen molar-refractivity contribution < 1.29 is 9.59 Å². The highest BCUT2D eigenvalue weighted by Gasteiger charge is 2.16. The molecule has 29 heavy (non-hydrogen) atoms. The number of hydrogen-bond donors (Lipinski definition) is 3. The van der Waals surface area contributed by atoms with Crippen LogP contribution in [0.15, 0.2) is 42.7 Å². The lowest BCUT2D eigenvalue weighted by atomic mass is 10.0. The Labute approximate surface area is 170 Å². The highest BCUT2D eigenvalue weighted by Crippen LogP contribution is 2.27. The minimum Gasteiger partial charge on any atom is -0.352 e. The first-order valence-electron chi connectivity index (χ1n) is 10.2. The van der Waals surface area contributed by atoms with Gasteiger partial charge < -0.3 is 15.6 Å². The van der Waals surface area contributed by atoms with Gasteiger partial charge in [-0.3, -0.25) is 9.59 Å². The van der Waals surface area contributed by atoms with Crippen molar-refractivity contribution in [3.05, 3.63) is 59.4 Å². The average molecular weight is 390 g/mol. The van der Waals surface area contributed by atoms with E-state index in [2.05, 4.69) is 20.6 Å². The fourth-order valence-corrected chi connectivity index (χ4v) is 4.01. The molecule has 3 N–H and O–H groups in total. The van der Waals surface area contributed by atoms with Crippen molar-refractivity contribution in [2.24, 2.45) is 5.92 Å². The molecule has 1 fully saturated rings. The van der Waals surface area contributed by atoms with Gasteiger partial charge >= 0.3 is 0 Å². The standard InChI is InChI=1S/C23H26N4O2/c1-15-6-7-18(22(28)25-10-8-16-4-2-3-5-16)13-20(15)23(29)27-19-12-17-9-11-24-21(17)26-14-19/h6-7,9,11-14,16H,2-5,8,10H2,1H3,(H,24,26)(H,25,28)(H,27,29). The van der Waals surface area contributed by atoms with Crippen molar-refractivity contribution >= 4 is 28.5 Å². The molecule has 1 aliphatic carbocycles. The van der Waals surface area contributed by atoms with E-state index in [0.29, 0.717) is 23.4 Å². The van der Waals surface area contributed by atoms with Gasteiger partial charge in [0.1, 0.15) is 5.65 Å². The van der Waals surface area contributed by atoms with Crippen molar-refractivity contribution in [2.45, 2.75) is 39.0 Å². The molecule has 0 saturated heterocycles. The van der Waals surface area contributed by atoms with E-state index in [-0.39, 0.29) is 11.8 Å². The third kappa shape index (κ3) is 4.47. The predicted octanol–water partition coefficient (Wildman–Crippen LogP) is 4.43. The number of carbonyl (C=O) groups excluding carboxylic acids is 2. The minimum atomic E-state index is -0.250. The first kappa shape index (κ1) is 19.2. The molecule has 0 unspecified atom stereocenters. The van der Waals surface area contributed by atoms with Crippen LogP contribution in [0.1, 0.15) is 58.4 Å². The summed E-state index contributed by atoms with van der Waals surface area (Å²) in [5, 5.41) is 6.80. The maximum absolute atomic E-state index is 12.8. The number of aromatic amines is 1. The third-order valence-electron chi connectivity index (χ3n) is 5.72. The van der Waals surface area contributed by atoms with E-state index in [1.165, 1.54) is 25.7 Å². The molecule has 1 aliphatic rings. The molecule has 0 aliphatic heterocycles. The Bertz CT molecular complexity index is 1030. The maximum atomic E-state index is 12.8. The Morgan fingerprint density at radius 2 is 1.97 bits per heavy atom. The van der Waals surface area contributed by atoms with Crippen LogP contribution >= 0.6 is 0 Å². The van der Waals surface area contributed by atoms with Crippen molar-refractivity contribution in [2.75, 3.05) is 11.9 Å². The van der Waals surface area contributed by atoms with Gasteiger partial charge in [-0.15, -0.1) is 0 Å². The van der Waals surface area contributed by atoms with E-state index in [1.54, 1.807) is 18.3 Å². The van der Waals surface area contributed by atoms with Crippen LogP contribution in [-0.4, -0.2) is 28.3 Å². The molecule has 2 heterocycles. The van der Waals surface area contributed by atoms with Gasteiger partial charge in [-0.05, 0) is 49.1 Å². The molecule has 4 rings (SSSR count). The largest absolute Gasteiger partial charge is 0.352 e. The van der Waals surface area contributed by atoms with E-state index in [0.717, 1.165) is 28.9 Å². The SMILES string of the molecule is Cc1ccc(C(=O)NCCC2CCCC2)cc1C(=O)Nc1cnc2[nH]ccc2c1. The summed E-state index contributed by atoms with van der Waals surface area (Å²) in [4.78, 5) is 32.6. The van der Waals surface area contributed by atoms with E-state index < -0.39 is 0 Å². The van der Waals surface area contributed by atoms with Crippen LogP contribution in [0, 0.1) is 12.8 Å². The summed E-state index contributed by atoms with van der Waals surface area (Å²) in [5.74, 6) is 0.355. The summed E-state index contributed by atoms with van der Waals surface area (Å²) in [7, 11) is 0. The Balaban J connectivity index is 1.42. The number of aryl methyl sites for hydroxylation is 1. The second-order valence-electron chi connectivity index (χ2n) is 7.82. The summed E-state index contributed by atoms with van der Waals surface area (Å²) in [5.41, 5.74) is 3.21. The second-order valence-corrected chi connectivity index (χ2v) is 7.82. The number of H-pyrrole nitrogens is 1. The number of nitrogens with zero attached hydrogens (tertiary/aromatic N) is 1. The van der Waals surface area contributed by atoms with Gasteiger partial charge in [0.15, 0.2) is 0 Å². The summed E-state index contributed by atoms with van der Waals surface area (Å²) in [6.45, 7) is 2.55. The lowest BCUT2D eigenvalue weighted by Crippen LogP contribution is -2.26. The fourth-order valence-electron chi connectivity index (χ4n) is 4.01. The topological polar surface area (TPSA) is 86.9 Å². The van der Waals surface area contributed by atoms with E-state index >= 15 is 0 Å². The Hall–Kier alpha value is -3.15. The van der Waals surface area contributed by atoms with Crippen LogP contribution in [0.4, 0.5) is 5.69 Å². The van der Waals surface area contributed by atoms with Crippen LogP contribution in [0.25, 0.3) is 11.0 Å². The van der Waals surface area contributed by atoms with E-state index in [4.69, 9.17) is 0 Å². The number of fused-ring (bicyclic) bond motifs is 1. The lowest BCUT2D eigenvalue weighted by Gasteiger charge is -2.12. The average Bonchev–Trinajstić information content (AvgIpc) is 3.39. The molecule has 2 aromatic heterocycles. The van der Waals surface area contributed by atoms with Gasteiger partial charge in [0.25, 0.3) is 11.8 Å². The molecule has 150 valence electrons. The highest BCUT2D eigenvalue weighted by molar-refractivity contribution is 6.07. The number of nitrogens with one attached hydrogen (secondary N) is 3. The van der Waals surface area contributed by atoms with Crippen LogP contribution in [0.2, 0.25) is 0 Å². The molecule has 0 spiro atoms. The molecular weight excluding hydrogens is 364 g/mol. The van der Waals surface area contributed by atoms with Gasteiger partial charge in [0.05, 0.1) is 11.9 Å². The Morgan fingerprint density at radius 3 is 2.79 bits per heavy atom. The molecule has 1 aromatic carbocycles. The van der Waals surface area contributed by atoms with Crippen molar-refractivity contribution in [1.82, 2.24) is 15.3 Å². The summed E-state index contributed by atoms with van der Waals surface area (Å²) in [6.07, 6.45) is 9.61. The van der Waals surface area contributed by atoms with Gasteiger partial charge in [-0.2, -0.15) is 0 Å². The number of rotatable bonds is 6. The Morgan fingerprint density at radius 1 is 1.14 bits per heavy atom. The zero-order chi connectivity index (χ0) is 20.2. The first-order chi connectivity index (χ1) is 14.1. The van der Waals surface area contributed by atoms with E-state index in [1.807, 2.05) is 31.3 Å². The van der Waals surface area contributed by atoms with Crippen molar-refractivity contribution in [3.8, 4) is 0 Å². The molecule has 2 amide bonds. The second kappa shape index (κ2) is 8.47. The van der Waals surface area contributed by atoms with Crippen LogP contribution in [0.3, 0.4) is 0 Å². The van der Waals surface area contributed by atoms with Crippen molar-refractivity contribution in [3.63, 3.8) is 0 Å². The number of benzene rings is 1. The molecule has 0 bridgehead atoms. The zero-order valence-corrected chi connectivity index (χ0v) is 16.6. The normalized spacial score (nSPS) is 14.2. The number of anilines is 1. The number of pyridine rings is 1. The molecule has 0 radical (unpaired) electrons. The zero-order valence-electron chi connectivity index (χ0n) is 16.6. The van der Waals surface area contributed by atoms with Crippen LogP contribution in [0.5, 0.6) is 0 Å². The first-order valence-corrected chi connectivity index (χ1v) is 10.2. The third-order valence-corrected chi connectivity index (χ3v) is 5.72. The molecule has 6 nitrogen and oxygen atoms in total. The number of carbonyl (C=O) groups is 2. The van der Waals surface area contributed by atoms with Crippen LogP contribution in [-0.2, 0) is 0 Å². The van der Waals surface area contributed by atoms with E-state index in [9.17, 15) is 9.59 Å². The van der Waals surface area contributed by atoms with Crippen molar-refractivity contribution in [1.29, 1.82) is 0 Å². The van der Waals surface area contributed by atoms with Gasteiger partial charge in [-0.25, -0.2) is 4.98 Å². The fraction of sp³-hybridized carbons (Fsp3) is 0.348. The quantitative estimate of drug-likeness (QED) is 0.582. The smallest absolute Gasteiger partial charge is 0.255 e. The van der Waals surface area contributed by atoms with Gasteiger partial charge in [0, 0.05) is 29.3 Å². The predicted molar refractivity (Wildman–Crippen MR) is 114 cm³/mol. The summed E-state index contributed by atoms with van der Waals surface area (Å²) < 4.78 is 0.